The van der Waals surface area contributed by atoms with E-state index in [0.29, 0.717) is 18.4 Å². The number of carbonyl (C=O) groups excluding carboxylic acids is 1. The van der Waals surface area contributed by atoms with Crippen LogP contribution in [0.5, 0.6) is 0 Å². The van der Waals surface area contributed by atoms with Crippen LogP contribution in [0, 0.1) is 11.8 Å². The van der Waals surface area contributed by atoms with Gasteiger partial charge in [0.05, 0.1) is 6.04 Å². The Balaban J connectivity index is 1.56. The van der Waals surface area contributed by atoms with Crippen molar-refractivity contribution in [3.63, 3.8) is 0 Å². The average molecular weight is 250 g/mol. The van der Waals surface area contributed by atoms with E-state index in [1.54, 1.807) is 0 Å². The summed E-state index contributed by atoms with van der Waals surface area (Å²) in [6.45, 7) is 3.87. The van der Waals surface area contributed by atoms with Gasteiger partial charge in [-0.3, -0.25) is 4.79 Å². The second-order valence-corrected chi connectivity index (χ2v) is 5.29. The highest BCUT2D eigenvalue weighted by Crippen LogP contribution is 2.36. The van der Waals surface area contributed by atoms with Gasteiger partial charge in [0, 0.05) is 6.54 Å². The molecule has 3 rings (SSSR count). The summed E-state index contributed by atoms with van der Waals surface area (Å²) in [5.41, 5.74) is 0. The number of nitrogens with zero attached hydrogens (tertiary/aromatic N) is 2. The molecule has 2 N–H and O–H groups in total. The largest absolute Gasteiger partial charge is 0.349 e. The molecule has 2 heterocycles. The first-order valence-corrected chi connectivity index (χ1v) is 6.59. The van der Waals surface area contributed by atoms with Crippen molar-refractivity contribution in [3.8, 4) is 0 Å². The monoisotopic (exact) mass is 250 g/mol. The molecule has 18 heavy (non-hydrogen) atoms. The van der Waals surface area contributed by atoms with Crippen LogP contribution in [-0.2, 0) is 0 Å². The fourth-order valence-electron chi connectivity index (χ4n) is 2.35. The fourth-order valence-corrected chi connectivity index (χ4v) is 2.35. The van der Waals surface area contributed by atoms with E-state index in [2.05, 4.69) is 27.7 Å². The van der Waals surface area contributed by atoms with Crippen molar-refractivity contribution < 1.29 is 9.32 Å². The van der Waals surface area contributed by atoms with Crippen LogP contribution < -0.4 is 10.6 Å². The maximum atomic E-state index is 11.8. The maximum Gasteiger partial charge on any atom is 0.292 e. The summed E-state index contributed by atoms with van der Waals surface area (Å²) < 4.78 is 5.13. The first kappa shape index (κ1) is 11.6. The topological polar surface area (TPSA) is 80.0 Å². The molecule has 2 fully saturated rings. The molecule has 6 heteroatoms. The van der Waals surface area contributed by atoms with Gasteiger partial charge >= 0.3 is 0 Å². The van der Waals surface area contributed by atoms with Gasteiger partial charge in [0.1, 0.15) is 0 Å². The summed E-state index contributed by atoms with van der Waals surface area (Å²) in [4.78, 5) is 16.0. The lowest BCUT2D eigenvalue weighted by Gasteiger charge is -2.01. The zero-order chi connectivity index (χ0) is 12.5. The Morgan fingerprint density at radius 2 is 2.44 bits per heavy atom. The summed E-state index contributed by atoms with van der Waals surface area (Å²) in [5.74, 6) is 1.79. The molecule has 0 aromatic carbocycles. The van der Waals surface area contributed by atoms with E-state index in [4.69, 9.17) is 4.52 Å². The van der Waals surface area contributed by atoms with Crippen molar-refractivity contribution in [2.75, 3.05) is 13.1 Å². The Kier molecular flexibility index (Phi) is 3.03. The van der Waals surface area contributed by atoms with Gasteiger partial charge in [-0.05, 0) is 37.6 Å². The Morgan fingerprint density at radius 1 is 1.61 bits per heavy atom. The van der Waals surface area contributed by atoms with E-state index >= 15 is 0 Å². The minimum atomic E-state index is -0.234. The molecule has 0 spiro atoms. The lowest BCUT2D eigenvalue weighted by molar-refractivity contribution is 0.0938. The highest BCUT2D eigenvalue weighted by atomic mass is 16.5. The van der Waals surface area contributed by atoms with Crippen molar-refractivity contribution in [2.24, 2.45) is 11.8 Å². The standard InChI is InChI=1S/C12H18N4O2/c1-7-5-8(7)6-14-11(17)10-15-12(18-16-10)9-3-2-4-13-9/h7-9,13H,2-6H2,1H3,(H,14,17). The van der Waals surface area contributed by atoms with Gasteiger partial charge in [0.25, 0.3) is 11.7 Å². The highest BCUT2D eigenvalue weighted by Gasteiger charge is 2.33. The summed E-state index contributed by atoms with van der Waals surface area (Å²) in [5, 5.41) is 9.85. The summed E-state index contributed by atoms with van der Waals surface area (Å²) in [7, 11) is 0. The predicted octanol–water partition coefficient (Wildman–Crippen LogP) is 0.880. The maximum absolute atomic E-state index is 11.8. The Labute approximate surface area is 106 Å². The van der Waals surface area contributed by atoms with Gasteiger partial charge in [0.2, 0.25) is 5.89 Å². The second-order valence-electron chi connectivity index (χ2n) is 5.29. The number of hydrogen-bond acceptors (Lipinski definition) is 5. The molecule has 0 radical (unpaired) electrons. The molecule has 6 nitrogen and oxygen atoms in total. The van der Waals surface area contributed by atoms with Gasteiger partial charge in [-0.2, -0.15) is 4.98 Å². The van der Waals surface area contributed by atoms with Crippen molar-refractivity contribution in [1.82, 2.24) is 20.8 Å². The quantitative estimate of drug-likeness (QED) is 0.829. The third-order valence-electron chi connectivity index (χ3n) is 3.80. The molecule has 98 valence electrons. The van der Waals surface area contributed by atoms with Gasteiger partial charge in [-0.25, -0.2) is 0 Å². The Hall–Kier alpha value is -1.43. The SMILES string of the molecule is CC1CC1CNC(=O)c1noc(C2CCCN2)n1. The van der Waals surface area contributed by atoms with Crippen molar-refractivity contribution in [3.05, 3.63) is 11.7 Å². The lowest BCUT2D eigenvalue weighted by Crippen LogP contribution is -2.27. The van der Waals surface area contributed by atoms with E-state index in [9.17, 15) is 4.79 Å². The molecule has 1 amide bonds. The Morgan fingerprint density at radius 3 is 3.11 bits per heavy atom. The van der Waals surface area contributed by atoms with Crippen LogP contribution in [-0.4, -0.2) is 29.1 Å². The van der Waals surface area contributed by atoms with Crippen LogP contribution in [0.2, 0.25) is 0 Å². The minimum absolute atomic E-state index is 0.113. The van der Waals surface area contributed by atoms with Crippen LogP contribution >= 0.6 is 0 Å². The average Bonchev–Trinajstić information content (AvgIpc) is 2.83. The predicted molar refractivity (Wildman–Crippen MR) is 63.9 cm³/mol. The molecule has 1 aliphatic heterocycles. The van der Waals surface area contributed by atoms with Crippen LogP contribution in [0.1, 0.15) is 48.7 Å². The number of hydrogen-bond donors (Lipinski definition) is 2. The molecule has 1 aromatic rings. The van der Waals surface area contributed by atoms with E-state index in [-0.39, 0.29) is 17.8 Å². The first-order valence-electron chi connectivity index (χ1n) is 6.59. The third-order valence-corrected chi connectivity index (χ3v) is 3.80. The van der Waals surface area contributed by atoms with Crippen LogP contribution in [0.15, 0.2) is 4.52 Å². The summed E-state index contributed by atoms with van der Waals surface area (Å²) >= 11 is 0. The zero-order valence-electron chi connectivity index (χ0n) is 10.5. The molecule has 3 unspecified atom stereocenters. The molecular weight excluding hydrogens is 232 g/mol. The van der Waals surface area contributed by atoms with Crippen LogP contribution in [0.3, 0.4) is 0 Å². The first-order chi connectivity index (χ1) is 8.74. The zero-order valence-corrected chi connectivity index (χ0v) is 10.5. The molecule has 0 bridgehead atoms. The molecule has 1 saturated heterocycles. The van der Waals surface area contributed by atoms with Gasteiger partial charge in [-0.15, -0.1) is 0 Å². The molecule has 2 aliphatic rings. The number of rotatable bonds is 4. The van der Waals surface area contributed by atoms with Gasteiger partial charge in [0.15, 0.2) is 0 Å². The highest BCUT2D eigenvalue weighted by molar-refractivity contribution is 5.90. The van der Waals surface area contributed by atoms with Crippen LogP contribution in [0.4, 0.5) is 0 Å². The number of nitrogens with one attached hydrogen (secondary N) is 2. The third kappa shape index (κ3) is 2.38. The summed E-state index contributed by atoms with van der Waals surface area (Å²) in [6.07, 6.45) is 3.29. The van der Waals surface area contributed by atoms with Gasteiger partial charge < -0.3 is 15.2 Å². The van der Waals surface area contributed by atoms with E-state index < -0.39 is 0 Å². The van der Waals surface area contributed by atoms with E-state index in [1.807, 2.05) is 0 Å². The smallest absolute Gasteiger partial charge is 0.292 e. The van der Waals surface area contributed by atoms with Crippen molar-refractivity contribution in [2.45, 2.75) is 32.2 Å². The molecule has 1 saturated carbocycles. The number of aromatic nitrogens is 2. The normalized spacial score (nSPS) is 30.4. The molecular formula is C12H18N4O2. The fraction of sp³-hybridized carbons (Fsp3) is 0.750. The molecule has 1 aromatic heterocycles. The second kappa shape index (κ2) is 4.68. The van der Waals surface area contributed by atoms with E-state index in [0.717, 1.165) is 25.3 Å². The Bertz CT molecular complexity index is 439. The number of amides is 1. The molecule has 3 atom stereocenters. The number of carbonyl (C=O) groups is 1. The lowest BCUT2D eigenvalue weighted by atomic mass is 10.2. The van der Waals surface area contributed by atoms with Crippen molar-refractivity contribution >= 4 is 5.91 Å². The van der Waals surface area contributed by atoms with Crippen LogP contribution in [0.25, 0.3) is 0 Å². The van der Waals surface area contributed by atoms with Gasteiger partial charge in [-0.1, -0.05) is 12.1 Å². The van der Waals surface area contributed by atoms with E-state index in [1.165, 1.54) is 6.42 Å². The minimum Gasteiger partial charge on any atom is -0.349 e. The summed E-state index contributed by atoms with van der Waals surface area (Å²) in [6, 6.07) is 0.113. The molecule has 1 aliphatic carbocycles. The van der Waals surface area contributed by atoms with Crippen molar-refractivity contribution in [1.29, 1.82) is 0 Å².